The number of hydrogen-bond acceptors (Lipinski definition) is 6. The van der Waals surface area contributed by atoms with E-state index < -0.39 is 6.10 Å². The highest BCUT2D eigenvalue weighted by Crippen LogP contribution is 2.18. The molecule has 6 nitrogen and oxygen atoms in total. The van der Waals surface area contributed by atoms with Gasteiger partial charge in [-0.3, -0.25) is 14.4 Å². The number of unbranched alkanes of at least 4 members (excludes halogenated alkanes) is 43. The van der Waals surface area contributed by atoms with Crippen LogP contribution in [0.15, 0.2) is 72.9 Å². The molecule has 1 atom stereocenters. The maximum atomic E-state index is 13.0. The lowest BCUT2D eigenvalue weighted by atomic mass is 10.0. The van der Waals surface area contributed by atoms with E-state index >= 15 is 0 Å². The van der Waals surface area contributed by atoms with Gasteiger partial charge in [-0.15, -0.1) is 0 Å². The van der Waals surface area contributed by atoms with Crippen molar-refractivity contribution in [3.63, 3.8) is 0 Å². The van der Waals surface area contributed by atoms with Crippen LogP contribution in [0.3, 0.4) is 0 Å². The highest BCUT2D eigenvalue weighted by atomic mass is 16.6. The van der Waals surface area contributed by atoms with Gasteiger partial charge in [-0.25, -0.2) is 0 Å². The molecule has 0 saturated carbocycles. The Hall–Kier alpha value is -3.15. The molecule has 0 fully saturated rings. The molecule has 0 amide bonds. The van der Waals surface area contributed by atoms with E-state index in [1.165, 1.54) is 231 Å². The van der Waals surface area contributed by atoms with Gasteiger partial charge in [0.15, 0.2) is 6.10 Å². The molecule has 0 N–H and O–H groups in total. The van der Waals surface area contributed by atoms with Crippen molar-refractivity contribution < 1.29 is 28.6 Å². The van der Waals surface area contributed by atoms with Gasteiger partial charge in [-0.05, 0) is 89.9 Å². The Labute approximate surface area is 510 Å². The fraction of sp³-hybridized carbons (Fsp3) is 0.803. The zero-order valence-electron chi connectivity index (χ0n) is 54.8. The summed E-state index contributed by atoms with van der Waals surface area (Å²) >= 11 is 0. The molecular formula is C76H136O6. The monoisotopic (exact) mass is 1150 g/mol. The summed E-state index contributed by atoms with van der Waals surface area (Å²) in [5.41, 5.74) is 0. The summed E-state index contributed by atoms with van der Waals surface area (Å²) < 4.78 is 17.0. The second-order valence-electron chi connectivity index (χ2n) is 24.1. The normalized spacial score (nSPS) is 12.5. The summed E-state index contributed by atoms with van der Waals surface area (Å²) in [5.74, 6) is -0.880. The van der Waals surface area contributed by atoms with Crippen LogP contribution in [-0.4, -0.2) is 37.2 Å². The molecule has 0 aromatic heterocycles. The summed E-state index contributed by atoms with van der Waals surface area (Å²) in [7, 11) is 0. The number of carbonyl (C=O) groups is 3. The predicted octanol–water partition coefficient (Wildman–Crippen LogP) is 24.8. The summed E-state index contributed by atoms with van der Waals surface area (Å²) in [6.07, 6.45) is 92.2. The lowest BCUT2D eigenvalue weighted by molar-refractivity contribution is -0.167. The van der Waals surface area contributed by atoms with Gasteiger partial charge in [0.05, 0.1) is 0 Å². The van der Waals surface area contributed by atoms with Crippen molar-refractivity contribution in [3.8, 4) is 0 Å². The van der Waals surface area contributed by atoms with Crippen molar-refractivity contribution in [2.45, 2.75) is 380 Å². The predicted molar refractivity (Wildman–Crippen MR) is 358 cm³/mol. The molecule has 0 radical (unpaired) electrons. The third-order valence-corrected chi connectivity index (χ3v) is 15.9. The minimum atomic E-state index is -0.786. The van der Waals surface area contributed by atoms with Crippen LogP contribution in [0.4, 0.5) is 0 Å². The minimum Gasteiger partial charge on any atom is -0.462 e. The van der Waals surface area contributed by atoms with E-state index in [4.69, 9.17) is 14.2 Å². The van der Waals surface area contributed by atoms with Crippen molar-refractivity contribution in [2.75, 3.05) is 13.2 Å². The van der Waals surface area contributed by atoms with Crippen molar-refractivity contribution in [3.05, 3.63) is 72.9 Å². The second-order valence-corrected chi connectivity index (χ2v) is 24.1. The van der Waals surface area contributed by atoms with Gasteiger partial charge in [-0.2, -0.15) is 0 Å². The fourth-order valence-electron chi connectivity index (χ4n) is 10.6. The first-order chi connectivity index (χ1) is 40.5. The topological polar surface area (TPSA) is 78.9 Å². The third kappa shape index (κ3) is 67.6. The van der Waals surface area contributed by atoms with E-state index in [1.807, 2.05) is 0 Å². The largest absolute Gasteiger partial charge is 0.462 e. The van der Waals surface area contributed by atoms with E-state index in [1.54, 1.807) is 0 Å². The molecule has 82 heavy (non-hydrogen) atoms. The number of allylic oxidation sites excluding steroid dienone is 12. The molecule has 476 valence electrons. The number of carbonyl (C=O) groups excluding carboxylic acids is 3. The van der Waals surface area contributed by atoms with Crippen LogP contribution in [0.25, 0.3) is 0 Å². The first-order valence-electron chi connectivity index (χ1n) is 35.9. The Bertz CT molecular complexity index is 1500. The van der Waals surface area contributed by atoms with Crippen LogP contribution in [0.2, 0.25) is 0 Å². The molecule has 0 bridgehead atoms. The molecule has 0 saturated heterocycles. The van der Waals surface area contributed by atoms with Gasteiger partial charge in [-0.1, -0.05) is 338 Å². The number of hydrogen-bond donors (Lipinski definition) is 0. The fourth-order valence-corrected chi connectivity index (χ4v) is 10.6. The van der Waals surface area contributed by atoms with Crippen molar-refractivity contribution in [1.29, 1.82) is 0 Å². The molecule has 0 aliphatic rings. The van der Waals surface area contributed by atoms with Crippen LogP contribution >= 0.6 is 0 Å². The zero-order valence-corrected chi connectivity index (χ0v) is 54.8. The van der Waals surface area contributed by atoms with Crippen LogP contribution in [0, 0.1) is 0 Å². The van der Waals surface area contributed by atoms with E-state index in [2.05, 4.69) is 93.7 Å². The number of rotatable bonds is 66. The summed E-state index contributed by atoms with van der Waals surface area (Å²) in [6, 6.07) is 0. The lowest BCUT2D eigenvalue weighted by Crippen LogP contribution is -2.30. The molecule has 1 unspecified atom stereocenters. The van der Waals surface area contributed by atoms with Gasteiger partial charge in [0.1, 0.15) is 13.2 Å². The molecule has 0 rings (SSSR count). The van der Waals surface area contributed by atoms with Crippen molar-refractivity contribution in [1.82, 2.24) is 0 Å². The molecular weight excluding hydrogens is 1010 g/mol. The van der Waals surface area contributed by atoms with Crippen molar-refractivity contribution in [2.24, 2.45) is 0 Å². The van der Waals surface area contributed by atoms with Gasteiger partial charge in [0.25, 0.3) is 0 Å². The van der Waals surface area contributed by atoms with E-state index in [0.29, 0.717) is 19.3 Å². The molecule has 6 heteroatoms. The maximum Gasteiger partial charge on any atom is 0.306 e. The molecule has 0 aromatic rings. The minimum absolute atomic E-state index is 0.0793. The Kier molecular flexibility index (Phi) is 67.6. The van der Waals surface area contributed by atoms with E-state index in [0.717, 1.165) is 103 Å². The number of esters is 3. The van der Waals surface area contributed by atoms with Crippen LogP contribution in [0.1, 0.15) is 374 Å². The Morgan fingerprint density at radius 3 is 0.744 bits per heavy atom. The Balaban J connectivity index is 4.31. The average Bonchev–Trinajstić information content (AvgIpc) is 3.47. The van der Waals surface area contributed by atoms with Crippen LogP contribution < -0.4 is 0 Å². The molecule has 0 spiro atoms. The third-order valence-electron chi connectivity index (χ3n) is 15.9. The highest BCUT2D eigenvalue weighted by Gasteiger charge is 2.19. The Morgan fingerprint density at radius 2 is 0.476 bits per heavy atom. The van der Waals surface area contributed by atoms with E-state index in [9.17, 15) is 14.4 Å². The smallest absolute Gasteiger partial charge is 0.306 e. The first-order valence-corrected chi connectivity index (χ1v) is 35.9. The molecule has 0 aliphatic carbocycles. The first kappa shape index (κ1) is 78.8. The zero-order chi connectivity index (χ0) is 59.2. The quantitative estimate of drug-likeness (QED) is 0.0261. The van der Waals surface area contributed by atoms with Gasteiger partial charge >= 0.3 is 17.9 Å². The lowest BCUT2D eigenvalue weighted by Gasteiger charge is -2.18. The standard InChI is InChI=1S/C76H136O6/c1-4-7-10-13-16-19-22-25-28-31-33-35-36-37-38-39-40-41-43-45-48-51-54-57-60-63-66-69-75(78)81-72-73(71-80-74(77)68-65-62-59-56-53-50-47-44-30-27-24-21-18-15-12-9-6-3)82-76(79)70-67-64-61-58-55-52-49-46-42-34-32-29-26-23-20-17-14-11-8-5-2/h9,12,18,21-22,25,27,30-31,33,47,50,73H,4-8,10-11,13-17,19-20,23-24,26,28-29,32,34-46,48-49,51-72H2,1-3H3/b12-9-,21-18-,25-22-,30-27-,33-31-,50-47-. The highest BCUT2D eigenvalue weighted by molar-refractivity contribution is 5.71. The number of ether oxygens (including phenoxy) is 3. The van der Waals surface area contributed by atoms with Crippen LogP contribution in [-0.2, 0) is 28.6 Å². The average molecular weight is 1150 g/mol. The summed E-state index contributed by atoms with van der Waals surface area (Å²) in [6.45, 7) is 6.56. The molecule has 0 heterocycles. The van der Waals surface area contributed by atoms with Gasteiger partial charge in [0.2, 0.25) is 0 Å². The van der Waals surface area contributed by atoms with Gasteiger partial charge in [0, 0.05) is 19.3 Å². The summed E-state index contributed by atoms with van der Waals surface area (Å²) in [5, 5.41) is 0. The summed E-state index contributed by atoms with van der Waals surface area (Å²) in [4.78, 5) is 38.5. The van der Waals surface area contributed by atoms with Crippen molar-refractivity contribution >= 4 is 17.9 Å². The van der Waals surface area contributed by atoms with Gasteiger partial charge < -0.3 is 14.2 Å². The Morgan fingerprint density at radius 1 is 0.256 bits per heavy atom. The maximum absolute atomic E-state index is 13.0. The molecule has 0 aromatic carbocycles. The molecule has 0 aliphatic heterocycles. The second kappa shape index (κ2) is 70.3. The van der Waals surface area contributed by atoms with Crippen LogP contribution in [0.5, 0.6) is 0 Å². The van der Waals surface area contributed by atoms with E-state index in [-0.39, 0.29) is 31.1 Å². The SMILES string of the molecule is CC/C=C\C/C=C\C/C=C\C/C=C\CCCCCCC(=O)OCC(COC(=O)CCCCCCCCCCCCCCCCC/C=C\C/C=C\CCCCCCC)OC(=O)CCCCCCCCCCCCCCCCCCCCCC.